The van der Waals surface area contributed by atoms with Crippen LogP contribution in [0.2, 0.25) is 0 Å². The topological polar surface area (TPSA) is 73.9 Å². The zero-order valence-electron chi connectivity index (χ0n) is 13.7. The van der Waals surface area contributed by atoms with E-state index in [-0.39, 0.29) is 24.1 Å². The molecule has 24 heavy (non-hydrogen) atoms. The number of rotatable bonds is 7. The van der Waals surface area contributed by atoms with Crippen molar-refractivity contribution in [3.05, 3.63) is 46.2 Å². The Kier molecular flexibility index (Phi) is 6.20. The first-order valence-corrected chi connectivity index (χ1v) is 8.15. The minimum atomic E-state index is -0.602. The molecule has 0 aliphatic heterocycles. The molecule has 0 fully saturated rings. The van der Waals surface area contributed by atoms with E-state index in [2.05, 4.69) is 5.32 Å². The van der Waals surface area contributed by atoms with E-state index in [0.29, 0.717) is 11.5 Å². The lowest BCUT2D eigenvalue weighted by molar-refractivity contribution is -0.124. The minimum Gasteiger partial charge on any atom is -0.493 e. The molecule has 0 saturated carbocycles. The second kappa shape index (κ2) is 8.35. The van der Waals surface area contributed by atoms with Crippen molar-refractivity contribution in [1.82, 2.24) is 5.32 Å². The van der Waals surface area contributed by atoms with Crippen LogP contribution in [0.3, 0.4) is 0 Å². The molecular formula is C17H19NO5S. The summed E-state index contributed by atoms with van der Waals surface area (Å²) < 4.78 is 15.3. The average Bonchev–Trinajstić information content (AvgIpc) is 3.13. The van der Waals surface area contributed by atoms with Gasteiger partial charge in [-0.25, -0.2) is 4.79 Å². The lowest BCUT2D eigenvalue weighted by Crippen LogP contribution is -2.30. The summed E-state index contributed by atoms with van der Waals surface area (Å²) in [6.45, 7) is 1.53. The number of carbonyl (C=O) groups is 2. The average molecular weight is 349 g/mol. The third-order valence-electron chi connectivity index (χ3n) is 3.30. The van der Waals surface area contributed by atoms with Crippen molar-refractivity contribution in [2.45, 2.75) is 13.0 Å². The molecule has 0 unspecified atom stereocenters. The van der Waals surface area contributed by atoms with Crippen LogP contribution in [-0.2, 0) is 9.53 Å². The number of nitrogens with one attached hydrogen (secondary N) is 1. The summed E-state index contributed by atoms with van der Waals surface area (Å²) in [5.74, 6) is -0.0288. The van der Waals surface area contributed by atoms with Crippen molar-refractivity contribution >= 4 is 23.2 Å². The van der Waals surface area contributed by atoms with Crippen LogP contribution >= 0.6 is 11.3 Å². The molecule has 7 heteroatoms. The smallest absolute Gasteiger partial charge is 0.338 e. The van der Waals surface area contributed by atoms with E-state index in [1.54, 1.807) is 23.5 Å². The third-order valence-corrected chi connectivity index (χ3v) is 4.36. The monoisotopic (exact) mass is 349 g/mol. The van der Waals surface area contributed by atoms with Gasteiger partial charge in [-0.05, 0) is 36.6 Å². The maximum atomic E-state index is 12.0. The van der Waals surface area contributed by atoms with E-state index >= 15 is 0 Å². The molecule has 1 amide bonds. The largest absolute Gasteiger partial charge is 0.493 e. The Morgan fingerprint density at radius 3 is 2.54 bits per heavy atom. The summed E-state index contributed by atoms with van der Waals surface area (Å²) in [4.78, 5) is 25.0. The fraction of sp³-hybridized carbons (Fsp3) is 0.294. The fourth-order valence-corrected chi connectivity index (χ4v) is 2.80. The molecule has 0 bridgehead atoms. The summed E-state index contributed by atoms with van der Waals surface area (Å²) in [7, 11) is 2.99. The van der Waals surface area contributed by atoms with Crippen LogP contribution in [0.1, 0.15) is 28.2 Å². The van der Waals surface area contributed by atoms with Gasteiger partial charge in [0.1, 0.15) is 0 Å². The third kappa shape index (κ3) is 4.48. The number of amides is 1. The van der Waals surface area contributed by atoms with E-state index in [9.17, 15) is 9.59 Å². The summed E-state index contributed by atoms with van der Waals surface area (Å²) in [5, 5.41) is 4.72. The quantitative estimate of drug-likeness (QED) is 0.778. The van der Waals surface area contributed by atoms with Gasteiger partial charge in [0, 0.05) is 4.88 Å². The molecule has 0 spiro atoms. The Bertz CT molecular complexity index is 699. The van der Waals surface area contributed by atoms with Crippen LogP contribution in [0, 0.1) is 0 Å². The van der Waals surface area contributed by atoms with E-state index in [4.69, 9.17) is 14.2 Å². The number of hydrogen-bond acceptors (Lipinski definition) is 6. The number of esters is 1. The first-order valence-electron chi connectivity index (χ1n) is 7.27. The van der Waals surface area contributed by atoms with E-state index in [0.717, 1.165) is 4.88 Å². The van der Waals surface area contributed by atoms with Crippen molar-refractivity contribution in [2.75, 3.05) is 20.8 Å². The number of ether oxygens (including phenoxy) is 3. The van der Waals surface area contributed by atoms with Crippen molar-refractivity contribution < 1.29 is 23.8 Å². The highest BCUT2D eigenvalue weighted by atomic mass is 32.1. The van der Waals surface area contributed by atoms with E-state index in [1.165, 1.54) is 20.3 Å². The van der Waals surface area contributed by atoms with Crippen LogP contribution < -0.4 is 14.8 Å². The minimum absolute atomic E-state index is 0.128. The first kappa shape index (κ1) is 17.8. The van der Waals surface area contributed by atoms with Crippen LogP contribution in [-0.4, -0.2) is 32.7 Å². The Hall–Kier alpha value is -2.54. The van der Waals surface area contributed by atoms with Gasteiger partial charge in [0.15, 0.2) is 18.1 Å². The Labute approximate surface area is 144 Å². The Morgan fingerprint density at radius 1 is 1.17 bits per heavy atom. The van der Waals surface area contributed by atoms with Crippen LogP contribution in [0.5, 0.6) is 11.5 Å². The summed E-state index contributed by atoms with van der Waals surface area (Å²) >= 11 is 1.55. The van der Waals surface area contributed by atoms with Gasteiger partial charge in [-0.2, -0.15) is 0 Å². The molecule has 2 aromatic rings. The van der Waals surface area contributed by atoms with Crippen molar-refractivity contribution in [3.8, 4) is 11.5 Å². The Morgan fingerprint density at radius 2 is 1.92 bits per heavy atom. The summed E-state index contributed by atoms with van der Waals surface area (Å²) in [5.41, 5.74) is 0.284. The highest BCUT2D eigenvalue weighted by molar-refractivity contribution is 7.10. The van der Waals surface area contributed by atoms with Crippen molar-refractivity contribution in [1.29, 1.82) is 0 Å². The number of methoxy groups -OCH3 is 2. The second-order valence-corrected chi connectivity index (χ2v) is 5.93. The molecule has 1 aromatic carbocycles. The van der Waals surface area contributed by atoms with Gasteiger partial charge in [0.05, 0.1) is 25.8 Å². The zero-order valence-corrected chi connectivity index (χ0v) is 14.5. The predicted molar refractivity (Wildman–Crippen MR) is 90.7 cm³/mol. The van der Waals surface area contributed by atoms with Crippen molar-refractivity contribution in [3.63, 3.8) is 0 Å². The highest BCUT2D eigenvalue weighted by Crippen LogP contribution is 2.27. The van der Waals surface area contributed by atoms with Gasteiger partial charge in [-0.15, -0.1) is 11.3 Å². The van der Waals surface area contributed by atoms with Crippen molar-refractivity contribution in [2.24, 2.45) is 0 Å². The molecule has 1 aromatic heterocycles. The Balaban J connectivity index is 1.89. The van der Waals surface area contributed by atoms with Crippen LogP contribution in [0.25, 0.3) is 0 Å². The normalized spacial score (nSPS) is 11.5. The van der Waals surface area contributed by atoms with Gasteiger partial charge >= 0.3 is 5.97 Å². The maximum absolute atomic E-state index is 12.0. The molecule has 1 atom stereocenters. The SMILES string of the molecule is COc1ccc(C(=O)OCC(=O)N[C@@H](C)c2cccs2)cc1OC. The van der Waals surface area contributed by atoms with Crippen LogP contribution in [0.15, 0.2) is 35.7 Å². The second-order valence-electron chi connectivity index (χ2n) is 4.95. The molecule has 6 nitrogen and oxygen atoms in total. The highest BCUT2D eigenvalue weighted by Gasteiger charge is 2.15. The molecule has 2 rings (SSSR count). The predicted octanol–water partition coefficient (Wildman–Crippen LogP) is 2.80. The van der Waals surface area contributed by atoms with Gasteiger partial charge in [0.2, 0.25) is 0 Å². The lowest BCUT2D eigenvalue weighted by atomic mass is 10.2. The standard InChI is InChI=1S/C17H19NO5S/c1-11(15-5-4-8-24-15)18-16(19)10-23-17(20)12-6-7-13(21-2)14(9-12)22-3/h4-9,11H,10H2,1-3H3,(H,18,19)/t11-/m0/s1. The lowest BCUT2D eigenvalue weighted by Gasteiger charge is -2.13. The number of carbonyl (C=O) groups excluding carboxylic acids is 2. The molecule has 0 aliphatic carbocycles. The molecule has 0 saturated heterocycles. The van der Waals surface area contributed by atoms with Gasteiger partial charge < -0.3 is 19.5 Å². The zero-order chi connectivity index (χ0) is 17.5. The molecule has 0 radical (unpaired) electrons. The first-order chi connectivity index (χ1) is 11.5. The fourth-order valence-electron chi connectivity index (χ4n) is 2.07. The molecule has 0 aliphatic rings. The van der Waals surface area contributed by atoms with E-state index in [1.807, 2.05) is 24.4 Å². The molecule has 1 heterocycles. The number of hydrogen-bond donors (Lipinski definition) is 1. The molecular weight excluding hydrogens is 330 g/mol. The number of benzene rings is 1. The van der Waals surface area contributed by atoms with Gasteiger partial charge in [-0.3, -0.25) is 4.79 Å². The number of thiophene rings is 1. The van der Waals surface area contributed by atoms with Gasteiger partial charge in [0.25, 0.3) is 5.91 Å². The van der Waals surface area contributed by atoms with Gasteiger partial charge in [-0.1, -0.05) is 6.07 Å². The maximum Gasteiger partial charge on any atom is 0.338 e. The summed E-state index contributed by atoms with van der Waals surface area (Å²) in [6.07, 6.45) is 0. The summed E-state index contributed by atoms with van der Waals surface area (Å²) in [6, 6.07) is 8.39. The van der Waals surface area contributed by atoms with Crippen LogP contribution in [0.4, 0.5) is 0 Å². The van der Waals surface area contributed by atoms with E-state index < -0.39 is 5.97 Å². The molecule has 128 valence electrons. The molecule has 1 N–H and O–H groups in total.